The van der Waals surface area contributed by atoms with Gasteiger partial charge in [0.15, 0.2) is 8.07 Å². The van der Waals surface area contributed by atoms with Crippen molar-refractivity contribution < 1.29 is 11.0 Å². The predicted octanol–water partition coefficient (Wildman–Crippen LogP) is 10.8. The summed E-state index contributed by atoms with van der Waals surface area (Å²) in [4.78, 5) is 0. The number of nitrogens with zero attached hydrogens (tertiary/aromatic N) is 1. The van der Waals surface area contributed by atoms with Gasteiger partial charge in [-0.1, -0.05) is 200 Å². The van der Waals surface area contributed by atoms with Crippen LogP contribution in [0.3, 0.4) is 0 Å². The molecule has 3 aliphatic rings. The molecule has 58 heavy (non-hydrogen) atoms. The van der Waals surface area contributed by atoms with E-state index in [1.807, 2.05) is 18.2 Å². The first-order chi connectivity index (χ1) is 32.1. The van der Waals surface area contributed by atoms with Crippen LogP contribution in [-0.4, -0.2) is 12.6 Å². The lowest BCUT2D eigenvalue weighted by molar-refractivity contribution is 0.760. The number of para-hydroxylation sites is 2. The van der Waals surface area contributed by atoms with Crippen molar-refractivity contribution in [2.24, 2.45) is 0 Å². The van der Waals surface area contributed by atoms with Crippen LogP contribution in [0, 0.1) is 0 Å². The molecule has 0 amide bonds. The Morgan fingerprint density at radius 1 is 0.414 bits per heavy atom. The topological polar surface area (TPSA) is 4.93 Å². The SMILES string of the molecule is [2H]c1c([2H])c([2H])c2c(c1[2H])c1c([2H])c([2H])c([2H])c([2H])c1n2-c1cccc(-c2cccc3c2C2c4ccccc4C3c3cccc([Si](c4ccccc4)(c4ccccc4)c4ccccc4)c32)c1. The summed E-state index contributed by atoms with van der Waals surface area (Å²) in [6, 6.07) is 60.2. The van der Waals surface area contributed by atoms with E-state index in [9.17, 15) is 0 Å². The summed E-state index contributed by atoms with van der Waals surface area (Å²) in [6.07, 6.45) is 0. The lowest BCUT2D eigenvalue weighted by atomic mass is 9.60. The fourth-order valence-corrected chi connectivity index (χ4v) is 15.5. The second-order valence-corrected chi connectivity index (χ2v) is 19.1. The summed E-state index contributed by atoms with van der Waals surface area (Å²) in [5, 5.41) is 5.37. The molecule has 0 radical (unpaired) electrons. The zero-order chi connectivity index (χ0) is 45.2. The minimum Gasteiger partial charge on any atom is -0.309 e. The van der Waals surface area contributed by atoms with Gasteiger partial charge in [-0.05, 0) is 89.5 Å². The molecule has 2 bridgehead atoms. The third-order valence-corrected chi connectivity index (χ3v) is 17.4. The second kappa shape index (κ2) is 13.0. The van der Waals surface area contributed by atoms with E-state index in [-0.39, 0.29) is 57.8 Å². The van der Waals surface area contributed by atoms with Crippen LogP contribution in [0.15, 0.2) is 224 Å². The lowest BCUT2D eigenvalue weighted by Crippen LogP contribution is -2.75. The van der Waals surface area contributed by atoms with Crippen LogP contribution in [0.4, 0.5) is 0 Å². The van der Waals surface area contributed by atoms with E-state index < -0.39 is 32.2 Å². The van der Waals surface area contributed by atoms with Crippen molar-refractivity contribution >= 4 is 50.6 Å². The molecule has 3 aliphatic carbocycles. The highest BCUT2D eigenvalue weighted by Crippen LogP contribution is 2.57. The summed E-state index contributed by atoms with van der Waals surface area (Å²) in [6.45, 7) is 0. The number of hydrogen-bond acceptors (Lipinski definition) is 0. The van der Waals surface area contributed by atoms with Gasteiger partial charge in [0.05, 0.1) is 22.0 Å². The van der Waals surface area contributed by atoms with E-state index in [2.05, 4.69) is 158 Å². The summed E-state index contributed by atoms with van der Waals surface area (Å²) in [5.74, 6) is -0.194. The van der Waals surface area contributed by atoms with Gasteiger partial charge in [-0.3, -0.25) is 0 Å². The van der Waals surface area contributed by atoms with Crippen molar-refractivity contribution in [2.45, 2.75) is 11.8 Å². The highest BCUT2D eigenvalue weighted by molar-refractivity contribution is 7.20. The van der Waals surface area contributed by atoms with Gasteiger partial charge < -0.3 is 4.57 Å². The molecule has 272 valence electrons. The Morgan fingerprint density at radius 2 is 0.897 bits per heavy atom. The first-order valence-electron chi connectivity index (χ1n) is 23.8. The Balaban J connectivity index is 1.15. The van der Waals surface area contributed by atoms with E-state index in [4.69, 9.17) is 11.0 Å². The normalized spacial score (nSPS) is 17.2. The summed E-state index contributed by atoms with van der Waals surface area (Å²) in [7, 11) is -3.02. The fourth-order valence-electron chi connectivity index (χ4n) is 10.4. The molecule has 0 spiro atoms. The maximum absolute atomic E-state index is 9.17. The Bertz CT molecular complexity index is 3470. The van der Waals surface area contributed by atoms with Crippen LogP contribution in [0.2, 0.25) is 0 Å². The van der Waals surface area contributed by atoms with Gasteiger partial charge in [-0.15, -0.1) is 0 Å². The standard InChI is InChI=1S/C56H39NSi/c1-4-21-40(22-5-1)58(41-23-6-2-7-24-41,42-25-8-3-9-26-42)52-36-18-33-49-53-46-29-10-11-30-47(46)56(55(49)52)54-43(31-17-32-48(53)54)38-19-16-20-39(37-38)57-50-34-14-12-27-44(50)45-28-13-15-35-51(45)57/h1-37,53,56H/i12D,13D,14D,15D,27D,28D,34D,35D. The molecule has 2 atom stereocenters. The van der Waals surface area contributed by atoms with Gasteiger partial charge in [0.1, 0.15) is 0 Å². The number of benzene rings is 9. The average Bonchev–Trinajstić information content (AvgIpc) is 3.74. The fraction of sp³-hybridized carbons (Fsp3) is 0.0357. The molecule has 0 N–H and O–H groups in total. The van der Waals surface area contributed by atoms with Gasteiger partial charge in [0.2, 0.25) is 0 Å². The smallest absolute Gasteiger partial charge is 0.179 e. The zero-order valence-corrected chi connectivity index (χ0v) is 32.3. The third kappa shape index (κ3) is 4.64. The highest BCUT2D eigenvalue weighted by atomic mass is 28.3. The monoisotopic (exact) mass is 761 g/mol. The predicted molar refractivity (Wildman–Crippen MR) is 245 cm³/mol. The van der Waals surface area contributed by atoms with Crippen molar-refractivity contribution in [3.63, 3.8) is 0 Å². The lowest BCUT2D eigenvalue weighted by Gasteiger charge is -2.47. The highest BCUT2D eigenvalue weighted by Gasteiger charge is 2.49. The molecule has 10 aromatic rings. The molecule has 13 rings (SSSR count). The molecular formula is C56H39NSi. The first kappa shape index (κ1) is 26.0. The van der Waals surface area contributed by atoms with Crippen molar-refractivity contribution in [3.05, 3.63) is 258 Å². The molecule has 1 nitrogen and oxygen atoms in total. The molecule has 2 unspecified atom stereocenters. The molecule has 9 aromatic carbocycles. The van der Waals surface area contributed by atoms with Crippen LogP contribution in [0.5, 0.6) is 0 Å². The molecule has 0 saturated carbocycles. The number of hydrogen-bond donors (Lipinski definition) is 0. The quantitative estimate of drug-likeness (QED) is 0.117. The van der Waals surface area contributed by atoms with Gasteiger partial charge in [-0.2, -0.15) is 0 Å². The van der Waals surface area contributed by atoms with E-state index in [0.29, 0.717) is 5.69 Å². The maximum atomic E-state index is 9.17. The molecule has 1 aromatic heterocycles. The van der Waals surface area contributed by atoms with Crippen LogP contribution in [0.1, 0.15) is 56.2 Å². The molecule has 1 heterocycles. The molecule has 0 fully saturated rings. The van der Waals surface area contributed by atoms with Gasteiger partial charge in [-0.25, -0.2) is 0 Å². The molecule has 2 heteroatoms. The van der Waals surface area contributed by atoms with Gasteiger partial charge in [0.25, 0.3) is 0 Å². The minimum atomic E-state index is -3.02. The van der Waals surface area contributed by atoms with Crippen molar-refractivity contribution in [2.75, 3.05) is 0 Å². The zero-order valence-electron chi connectivity index (χ0n) is 39.3. The van der Waals surface area contributed by atoms with E-state index in [0.717, 1.165) is 11.1 Å². The first-order valence-corrected chi connectivity index (χ1v) is 21.8. The van der Waals surface area contributed by atoms with E-state index in [1.54, 1.807) is 4.57 Å². The largest absolute Gasteiger partial charge is 0.309 e. The summed E-state index contributed by atoms with van der Waals surface area (Å²) in [5.41, 5.74) is 10.3. The minimum absolute atomic E-state index is 0.0441. The van der Waals surface area contributed by atoms with E-state index in [1.165, 1.54) is 54.1 Å². The number of aromatic nitrogens is 1. The number of fused-ring (bicyclic) bond motifs is 3. The molecule has 0 aliphatic heterocycles. The van der Waals surface area contributed by atoms with E-state index >= 15 is 0 Å². The Kier molecular flexibility index (Phi) is 5.84. The third-order valence-electron chi connectivity index (χ3n) is 12.6. The molecule has 0 saturated heterocycles. The van der Waals surface area contributed by atoms with Crippen LogP contribution in [-0.2, 0) is 0 Å². The van der Waals surface area contributed by atoms with Crippen LogP contribution >= 0.6 is 0 Å². The Labute approximate surface area is 351 Å². The number of rotatable bonds is 6. The van der Waals surface area contributed by atoms with Gasteiger partial charge in [0, 0.05) is 28.3 Å². The van der Waals surface area contributed by atoms with Crippen molar-refractivity contribution in [3.8, 4) is 16.8 Å². The van der Waals surface area contributed by atoms with Crippen LogP contribution < -0.4 is 20.7 Å². The van der Waals surface area contributed by atoms with Crippen molar-refractivity contribution in [1.82, 2.24) is 4.57 Å². The van der Waals surface area contributed by atoms with Crippen LogP contribution in [0.25, 0.3) is 38.6 Å². The van der Waals surface area contributed by atoms with Crippen molar-refractivity contribution in [1.29, 1.82) is 0 Å². The van der Waals surface area contributed by atoms with Gasteiger partial charge >= 0.3 is 0 Å². The average molecular weight is 762 g/mol. The second-order valence-electron chi connectivity index (χ2n) is 15.3. The maximum Gasteiger partial charge on any atom is 0.179 e. The Hall–Kier alpha value is -7.00. The molecular weight excluding hydrogens is 715 g/mol. The summed E-state index contributed by atoms with van der Waals surface area (Å²) >= 11 is 0. The Morgan fingerprint density at radius 3 is 1.50 bits per heavy atom. The summed E-state index contributed by atoms with van der Waals surface area (Å²) < 4.78 is 72.4.